The normalized spacial score (nSPS) is 21.1. The van der Waals surface area contributed by atoms with E-state index in [-0.39, 0.29) is 97.5 Å². The summed E-state index contributed by atoms with van der Waals surface area (Å²) in [5.74, 6) is 0.296. The molecule has 6 heterocycles. The zero-order valence-corrected chi connectivity index (χ0v) is 55.9. The number of halogens is 4. The maximum atomic E-state index is 15.0. The molecule has 0 spiro atoms. The van der Waals surface area contributed by atoms with Gasteiger partial charge in [-0.1, -0.05) is 65.3 Å². The molecule has 7 N–H and O–H groups in total. The molecule has 25 nitrogen and oxygen atoms in total. The van der Waals surface area contributed by atoms with Crippen LogP contribution in [0, 0.1) is 0 Å². The van der Waals surface area contributed by atoms with Gasteiger partial charge < -0.3 is 59.7 Å². The molecule has 7 atom stereocenters. The van der Waals surface area contributed by atoms with Gasteiger partial charge >= 0.3 is 15.6 Å². The van der Waals surface area contributed by atoms with E-state index in [1.165, 1.54) is 15.8 Å². The van der Waals surface area contributed by atoms with Gasteiger partial charge in [-0.2, -0.15) is 4.31 Å². The van der Waals surface area contributed by atoms with Crippen molar-refractivity contribution in [2.24, 2.45) is 0 Å². The quantitative estimate of drug-likeness (QED) is 0.0108. The average molecular weight is 1370 g/mol. The number of allylic oxidation sites excluding steroid dienone is 2. The molecule has 4 aliphatic rings. The molecule has 4 aliphatic heterocycles. The van der Waals surface area contributed by atoms with Crippen molar-refractivity contribution < 1.29 is 75.3 Å². The first kappa shape index (κ1) is 68.5. The minimum Gasteiger partial charge on any atom is -0.756 e. The van der Waals surface area contributed by atoms with E-state index in [4.69, 9.17) is 61.6 Å². The minimum absolute atomic E-state index is 0.0174. The van der Waals surface area contributed by atoms with E-state index < -0.39 is 67.1 Å². The molecule has 482 valence electrons. The molecule has 3 aromatic carbocycles. The Kier molecular flexibility index (Phi) is 20.5. The lowest BCUT2D eigenvalue weighted by atomic mass is 9.83. The first-order valence-electron chi connectivity index (χ1n) is 28.6. The standard InChI is InChI=1S/C57H70Cl4N9O16P3/c1-10-69-36-23-38-34(21-32(36)30(3)25-56(69,5)6)42(35-22-33-31(4)26-57(7,8)70(11-2)37(33)24-39(35)83-38)43-44(46(59)48(61)47(60)45(43)58)54(74)67(9)19-16-17-41(71)63-18-14-12-13-15-20-81-87(75,76)85-89(79,80)86-88(77,78)82-27-40-50(72)51(73)55(84-40)68-29-66-49-52(62)64-28-65-53(49)68/h21-26,28-29,40,50-51,55,72-73H,10-20,27H2,1-9H3,(H5-,62,63,64,65,71,75,76,77,78,79,80)/t40-,50-,51-,55-/m1/s1. The SMILES string of the molecule is CCN1c2cc3c(cc2C(C)=CC1(C)C)C(c1c(Cl)c(Cl)c(Cl)c(Cl)c1C(=O)N(C)CCCC(=O)NCCCCCCOP(=O)([O-])OP(=O)(O)OP(=O)(O)OC[C@H]1O[C@@H](n2cnc4c(N)ncnc42)[C@H](O)[C@@H]1O)=c1cc2c(cc1O3)=[N+](CC)C(C)(C)C=C2C. The number of hydrogen-bond donors (Lipinski definition) is 6. The number of phosphoric acid groups is 3. The van der Waals surface area contributed by atoms with Crippen LogP contribution < -0.4 is 40.7 Å². The van der Waals surface area contributed by atoms with Crippen molar-refractivity contribution in [1.29, 1.82) is 0 Å². The number of likely N-dealkylation sites (N-methyl/N-ethyl adjacent to an activating group) is 2. The van der Waals surface area contributed by atoms with Crippen LogP contribution in [-0.4, -0.2) is 132 Å². The summed E-state index contributed by atoms with van der Waals surface area (Å²) >= 11 is 28.3. The number of nitrogens with zero attached hydrogens (tertiary/aromatic N) is 7. The van der Waals surface area contributed by atoms with Gasteiger partial charge in [-0.25, -0.2) is 33.0 Å². The van der Waals surface area contributed by atoms with Crippen molar-refractivity contribution >= 4 is 121 Å². The smallest absolute Gasteiger partial charge is 0.487 e. The van der Waals surface area contributed by atoms with E-state index in [1.807, 2.05) is 12.1 Å². The number of anilines is 2. The van der Waals surface area contributed by atoms with Crippen LogP contribution in [0.1, 0.15) is 133 Å². The number of carbonyl (C=O) groups excluding carboxylic acids is 2. The summed E-state index contributed by atoms with van der Waals surface area (Å²) < 4.78 is 71.1. The molecule has 0 radical (unpaired) electrons. The van der Waals surface area contributed by atoms with Gasteiger partial charge in [0.05, 0.1) is 56.8 Å². The Labute approximate surface area is 533 Å². The van der Waals surface area contributed by atoms with Crippen LogP contribution in [0.5, 0.6) is 11.5 Å². The van der Waals surface area contributed by atoms with Crippen molar-refractivity contribution in [3.8, 4) is 11.5 Å². The molecule has 0 bridgehead atoms. The lowest BCUT2D eigenvalue weighted by molar-refractivity contribution is -0.218. The van der Waals surface area contributed by atoms with Gasteiger partial charge in [-0.15, -0.1) is 0 Å². The Morgan fingerprint density at radius 3 is 2.25 bits per heavy atom. The number of nitrogen functional groups attached to an aromatic ring is 1. The number of carbonyl (C=O) groups is 2. The van der Waals surface area contributed by atoms with Crippen LogP contribution in [0.4, 0.5) is 11.5 Å². The molecule has 2 amide bonds. The van der Waals surface area contributed by atoms with Crippen LogP contribution in [0.25, 0.3) is 27.9 Å². The predicted molar refractivity (Wildman–Crippen MR) is 335 cm³/mol. The van der Waals surface area contributed by atoms with Crippen molar-refractivity contribution in [3.63, 3.8) is 0 Å². The fourth-order valence-electron chi connectivity index (χ4n) is 12.0. The monoisotopic (exact) mass is 1370 g/mol. The summed E-state index contributed by atoms with van der Waals surface area (Å²) in [7, 11) is -15.5. The van der Waals surface area contributed by atoms with Gasteiger partial charge in [-0.05, 0) is 90.2 Å². The number of nitrogens with two attached hydrogens (primary N) is 1. The highest BCUT2D eigenvalue weighted by Crippen LogP contribution is 2.67. The zero-order valence-electron chi connectivity index (χ0n) is 50.2. The third-order valence-electron chi connectivity index (χ3n) is 16.0. The second kappa shape index (κ2) is 26.6. The molecule has 32 heteroatoms. The first-order valence-corrected chi connectivity index (χ1v) is 34.6. The predicted octanol–water partition coefficient (Wildman–Crippen LogP) is 8.69. The highest BCUT2D eigenvalue weighted by atomic mass is 35.5. The number of aliphatic hydroxyl groups excluding tert-OH is 2. The second-order valence-electron chi connectivity index (χ2n) is 23.1. The molecular formula is C57H70Cl4N9O16P3. The van der Waals surface area contributed by atoms with Crippen molar-refractivity contribution in [3.05, 3.63) is 108 Å². The fourth-order valence-corrected chi connectivity index (χ4v) is 16.5. The first-order chi connectivity index (χ1) is 41.7. The van der Waals surface area contributed by atoms with Crippen LogP contribution in [0.2, 0.25) is 20.1 Å². The molecule has 0 saturated carbocycles. The number of amides is 2. The number of ether oxygens (including phenoxy) is 2. The number of rotatable bonds is 24. The number of phosphoric ester groups is 2. The molecule has 1 fully saturated rings. The Hall–Kier alpha value is -4.85. The summed E-state index contributed by atoms with van der Waals surface area (Å²) in [5, 5.41) is 25.4. The number of imidazole rings is 1. The summed E-state index contributed by atoms with van der Waals surface area (Å²) in [6.45, 7) is 17.3. The maximum Gasteiger partial charge on any atom is 0.487 e. The average Bonchev–Trinajstić information content (AvgIpc) is 1.48. The molecule has 89 heavy (non-hydrogen) atoms. The van der Waals surface area contributed by atoms with Crippen molar-refractivity contribution in [2.45, 2.75) is 130 Å². The lowest BCUT2D eigenvalue weighted by Gasteiger charge is -2.43. The Morgan fingerprint density at radius 1 is 0.843 bits per heavy atom. The van der Waals surface area contributed by atoms with Gasteiger partial charge in [0.1, 0.15) is 48.2 Å². The van der Waals surface area contributed by atoms with E-state index in [0.717, 1.165) is 52.7 Å². The van der Waals surface area contributed by atoms with Gasteiger partial charge in [-0.3, -0.25) is 23.2 Å². The number of fused-ring (bicyclic) bond motifs is 5. The highest BCUT2D eigenvalue weighted by molar-refractivity contribution is 7.66. The number of benzene rings is 3. The molecule has 0 aliphatic carbocycles. The summed E-state index contributed by atoms with van der Waals surface area (Å²) in [6, 6.07) is 8.24. The van der Waals surface area contributed by atoms with E-state index in [2.05, 4.69) is 127 Å². The van der Waals surface area contributed by atoms with Gasteiger partial charge in [0.15, 0.2) is 23.2 Å². The van der Waals surface area contributed by atoms with Crippen LogP contribution in [0.3, 0.4) is 0 Å². The number of aliphatic hydroxyl groups is 2. The van der Waals surface area contributed by atoms with Gasteiger partial charge in [0, 0.05) is 91.7 Å². The lowest BCUT2D eigenvalue weighted by Crippen LogP contribution is -2.49. The molecule has 3 unspecified atom stereocenters. The third-order valence-corrected chi connectivity index (χ3v) is 22.0. The van der Waals surface area contributed by atoms with Crippen molar-refractivity contribution in [1.82, 2.24) is 34.3 Å². The third kappa shape index (κ3) is 14.2. The molecule has 5 aromatic rings. The van der Waals surface area contributed by atoms with Crippen LogP contribution >= 0.6 is 69.9 Å². The largest absolute Gasteiger partial charge is 0.756 e. The Bertz CT molecular complexity index is 4020. The maximum absolute atomic E-state index is 15.0. The summed E-state index contributed by atoms with van der Waals surface area (Å²) in [4.78, 5) is 76.3. The second-order valence-corrected chi connectivity index (χ2v) is 29.2. The Balaban J connectivity index is 0.786. The van der Waals surface area contributed by atoms with E-state index >= 15 is 4.79 Å². The zero-order chi connectivity index (χ0) is 65.0. The summed E-state index contributed by atoms with van der Waals surface area (Å²) in [5.41, 5.74) is 12.0. The van der Waals surface area contributed by atoms with Crippen LogP contribution in [0.15, 0.2) is 49.1 Å². The molecule has 9 rings (SSSR count). The number of nitrogens with one attached hydrogen (secondary N) is 1. The topological polar surface area (TPSA) is 336 Å². The summed E-state index contributed by atoms with van der Waals surface area (Å²) in [6.07, 6.45) is 2.30. The fraction of sp³-hybridized carbons (Fsp3) is 0.474. The van der Waals surface area contributed by atoms with E-state index in [0.29, 0.717) is 47.1 Å². The van der Waals surface area contributed by atoms with Crippen molar-refractivity contribution in [2.75, 3.05) is 57.1 Å². The number of hydrogen-bond acceptors (Lipinski definition) is 19. The molecular weight excluding hydrogens is 1300 g/mol. The highest BCUT2D eigenvalue weighted by Gasteiger charge is 2.47. The number of aromatic nitrogens is 4. The van der Waals surface area contributed by atoms with Gasteiger partial charge in [0.25, 0.3) is 13.7 Å². The van der Waals surface area contributed by atoms with E-state index in [9.17, 15) is 43.4 Å². The number of unbranched alkanes of at least 4 members (excludes halogenated alkanes) is 3. The van der Waals surface area contributed by atoms with Crippen LogP contribution in [-0.2, 0) is 40.9 Å². The van der Waals surface area contributed by atoms with Gasteiger partial charge in [0.2, 0.25) is 11.3 Å². The molecule has 2 aromatic heterocycles. The minimum atomic E-state index is -5.89. The molecule has 1 saturated heterocycles. The Morgan fingerprint density at radius 2 is 1.54 bits per heavy atom. The van der Waals surface area contributed by atoms with E-state index in [1.54, 1.807) is 7.05 Å².